The van der Waals surface area contributed by atoms with Crippen LogP contribution in [0.15, 0.2) is 58.2 Å². The number of amides is 1. The first kappa shape index (κ1) is 17.0. The number of hydrogen-bond acceptors (Lipinski definition) is 3. The van der Waals surface area contributed by atoms with Gasteiger partial charge in [-0.1, -0.05) is 58.0 Å². The van der Waals surface area contributed by atoms with Crippen molar-refractivity contribution in [2.24, 2.45) is 7.05 Å². The molecule has 3 aromatic rings. The Kier molecular flexibility index (Phi) is 5.26. The van der Waals surface area contributed by atoms with E-state index in [0.717, 1.165) is 26.2 Å². The lowest BCUT2D eigenvalue weighted by Gasteiger charge is -2.17. The number of carbonyl (C=O) groups excluding carboxylic acids is 1. The smallest absolute Gasteiger partial charge is 0.233 e. The van der Waals surface area contributed by atoms with Crippen LogP contribution in [0.25, 0.3) is 11.0 Å². The first-order chi connectivity index (χ1) is 11.6. The number of carbonyl (C=O) groups is 1. The molecule has 0 saturated heterocycles. The molecule has 0 spiro atoms. The summed E-state index contributed by atoms with van der Waals surface area (Å²) in [5.41, 5.74) is 3.13. The third-order valence-corrected chi connectivity index (χ3v) is 5.65. The lowest BCUT2D eigenvalue weighted by molar-refractivity contribution is -0.127. The van der Waals surface area contributed by atoms with Crippen molar-refractivity contribution in [1.29, 1.82) is 0 Å². The highest BCUT2D eigenvalue weighted by molar-refractivity contribution is 9.10. The second kappa shape index (κ2) is 7.40. The van der Waals surface area contributed by atoms with Gasteiger partial charge in [0.25, 0.3) is 0 Å². The number of hydrogen-bond donors (Lipinski definition) is 0. The second-order valence-corrected chi connectivity index (χ2v) is 7.37. The number of rotatable bonds is 5. The van der Waals surface area contributed by atoms with Gasteiger partial charge in [0.2, 0.25) is 5.91 Å². The quantitative estimate of drug-likeness (QED) is 0.602. The molecule has 0 radical (unpaired) electrons. The topological polar surface area (TPSA) is 38.1 Å². The molecule has 0 aliphatic heterocycles. The summed E-state index contributed by atoms with van der Waals surface area (Å²) in [5.74, 6) is 0.459. The molecule has 0 bridgehead atoms. The molecule has 3 rings (SSSR count). The molecule has 0 N–H and O–H groups in total. The fourth-order valence-electron chi connectivity index (χ4n) is 2.46. The maximum absolute atomic E-state index is 12.4. The maximum atomic E-state index is 12.4. The van der Waals surface area contributed by atoms with Gasteiger partial charge in [0.15, 0.2) is 5.16 Å². The van der Waals surface area contributed by atoms with E-state index >= 15 is 0 Å². The van der Waals surface area contributed by atoms with Crippen molar-refractivity contribution in [3.63, 3.8) is 0 Å². The molecule has 0 aliphatic rings. The Hall–Kier alpha value is -1.79. The number of nitrogens with zero attached hydrogens (tertiary/aromatic N) is 3. The van der Waals surface area contributed by atoms with E-state index in [1.807, 2.05) is 67.2 Å². The van der Waals surface area contributed by atoms with Crippen LogP contribution in [0.1, 0.15) is 5.56 Å². The molecule has 0 saturated carbocycles. The standard InChI is InChI=1S/C18H18BrN3OS/c1-21(11-13-7-3-4-8-14(13)19)17(23)12-24-18-20-15-9-5-6-10-16(15)22(18)2/h3-10H,11-12H2,1-2H3. The number of halogens is 1. The van der Waals surface area contributed by atoms with Gasteiger partial charge >= 0.3 is 0 Å². The third-order valence-electron chi connectivity index (χ3n) is 3.86. The highest BCUT2D eigenvalue weighted by Gasteiger charge is 2.14. The summed E-state index contributed by atoms with van der Waals surface area (Å²) >= 11 is 5.00. The summed E-state index contributed by atoms with van der Waals surface area (Å²) in [5, 5.41) is 0.860. The van der Waals surface area contributed by atoms with Crippen LogP contribution in [-0.4, -0.2) is 33.2 Å². The van der Waals surface area contributed by atoms with E-state index in [1.54, 1.807) is 4.90 Å². The molecule has 0 fully saturated rings. The van der Waals surface area contributed by atoms with Gasteiger partial charge in [0.05, 0.1) is 16.8 Å². The lowest BCUT2D eigenvalue weighted by Crippen LogP contribution is -2.28. The number of benzene rings is 2. The van der Waals surface area contributed by atoms with E-state index in [9.17, 15) is 4.79 Å². The molecule has 1 heterocycles. The van der Waals surface area contributed by atoms with Gasteiger partial charge in [-0.25, -0.2) is 4.98 Å². The zero-order valence-corrected chi connectivity index (χ0v) is 16.0. The van der Waals surface area contributed by atoms with Gasteiger partial charge in [-0.05, 0) is 23.8 Å². The SMILES string of the molecule is CN(Cc1ccccc1Br)C(=O)CSc1nc2ccccc2n1C. The van der Waals surface area contributed by atoms with Crippen LogP contribution in [0.4, 0.5) is 0 Å². The van der Waals surface area contributed by atoms with E-state index in [-0.39, 0.29) is 5.91 Å². The van der Waals surface area contributed by atoms with Crippen molar-refractivity contribution in [1.82, 2.24) is 14.5 Å². The zero-order chi connectivity index (χ0) is 17.1. The molecule has 6 heteroatoms. The molecule has 0 aliphatic carbocycles. The molecular formula is C18H18BrN3OS. The Morgan fingerprint density at radius 3 is 2.67 bits per heavy atom. The number of fused-ring (bicyclic) bond motifs is 1. The predicted molar refractivity (Wildman–Crippen MR) is 102 cm³/mol. The van der Waals surface area contributed by atoms with E-state index < -0.39 is 0 Å². The summed E-state index contributed by atoms with van der Waals surface area (Å²) < 4.78 is 3.05. The molecule has 0 atom stereocenters. The molecule has 1 amide bonds. The van der Waals surface area contributed by atoms with Gasteiger partial charge in [-0.15, -0.1) is 0 Å². The van der Waals surface area contributed by atoms with Crippen LogP contribution in [0.5, 0.6) is 0 Å². The molecule has 1 aromatic heterocycles. The van der Waals surface area contributed by atoms with Gasteiger partial charge < -0.3 is 9.47 Å². The fourth-order valence-corrected chi connectivity index (χ4v) is 3.80. The number of thioether (sulfide) groups is 1. The summed E-state index contributed by atoms with van der Waals surface area (Å²) in [7, 11) is 3.81. The Labute approximate surface area is 154 Å². The third kappa shape index (κ3) is 3.65. The highest BCUT2D eigenvalue weighted by Crippen LogP contribution is 2.23. The van der Waals surface area contributed by atoms with E-state index in [2.05, 4.69) is 20.9 Å². The molecule has 124 valence electrons. The second-order valence-electron chi connectivity index (χ2n) is 5.57. The molecule has 0 unspecified atom stereocenters. The first-order valence-corrected chi connectivity index (χ1v) is 9.35. The van der Waals surface area contributed by atoms with Crippen LogP contribution < -0.4 is 0 Å². The summed E-state index contributed by atoms with van der Waals surface area (Å²) in [6.45, 7) is 0.587. The fraction of sp³-hybridized carbons (Fsp3) is 0.222. The Morgan fingerprint density at radius 2 is 1.92 bits per heavy atom. The number of aryl methyl sites for hydroxylation is 1. The first-order valence-electron chi connectivity index (χ1n) is 7.58. The summed E-state index contributed by atoms with van der Waals surface area (Å²) in [6.07, 6.45) is 0. The number of para-hydroxylation sites is 2. The van der Waals surface area contributed by atoms with Crippen molar-refractivity contribution in [2.75, 3.05) is 12.8 Å². The van der Waals surface area contributed by atoms with E-state index in [4.69, 9.17) is 0 Å². The van der Waals surface area contributed by atoms with Crippen molar-refractivity contribution in [2.45, 2.75) is 11.7 Å². The van der Waals surface area contributed by atoms with Crippen LogP contribution in [0, 0.1) is 0 Å². The average molecular weight is 404 g/mol. The van der Waals surface area contributed by atoms with Gasteiger partial charge in [-0.3, -0.25) is 4.79 Å². The van der Waals surface area contributed by atoms with E-state index in [0.29, 0.717) is 12.3 Å². The van der Waals surface area contributed by atoms with Crippen molar-refractivity contribution in [3.05, 3.63) is 58.6 Å². The minimum atomic E-state index is 0.0859. The van der Waals surface area contributed by atoms with Gasteiger partial charge in [0.1, 0.15) is 0 Å². The average Bonchev–Trinajstić information content (AvgIpc) is 2.91. The van der Waals surface area contributed by atoms with Gasteiger partial charge in [0, 0.05) is 25.1 Å². The van der Waals surface area contributed by atoms with Gasteiger partial charge in [-0.2, -0.15) is 0 Å². The number of imidazole rings is 1. The largest absolute Gasteiger partial charge is 0.341 e. The number of aromatic nitrogens is 2. The summed E-state index contributed by atoms with van der Waals surface area (Å²) in [4.78, 5) is 18.7. The van der Waals surface area contributed by atoms with Crippen LogP contribution in [-0.2, 0) is 18.4 Å². The zero-order valence-electron chi connectivity index (χ0n) is 13.6. The monoisotopic (exact) mass is 403 g/mol. The van der Waals surface area contributed by atoms with Crippen molar-refractivity contribution < 1.29 is 4.79 Å². The van der Waals surface area contributed by atoms with Crippen LogP contribution in [0.2, 0.25) is 0 Å². The highest BCUT2D eigenvalue weighted by atomic mass is 79.9. The predicted octanol–water partition coefficient (Wildman–Crippen LogP) is 4.09. The van der Waals surface area contributed by atoms with Crippen molar-refractivity contribution in [3.8, 4) is 0 Å². The minimum absolute atomic E-state index is 0.0859. The molecular weight excluding hydrogens is 386 g/mol. The normalized spacial score (nSPS) is 11.0. The maximum Gasteiger partial charge on any atom is 0.233 e. The molecule has 24 heavy (non-hydrogen) atoms. The van der Waals surface area contributed by atoms with Crippen molar-refractivity contribution >= 4 is 44.6 Å². The lowest BCUT2D eigenvalue weighted by atomic mass is 10.2. The van der Waals surface area contributed by atoms with Crippen LogP contribution >= 0.6 is 27.7 Å². The molecule has 4 nitrogen and oxygen atoms in total. The minimum Gasteiger partial charge on any atom is -0.341 e. The summed E-state index contributed by atoms with van der Waals surface area (Å²) in [6, 6.07) is 15.9. The Morgan fingerprint density at radius 1 is 1.21 bits per heavy atom. The molecule has 2 aromatic carbocycles. The Bertz CT molecular complexity index is 878. The van der Waals surface area contributed by atoms with E-state index in [1.165, 1.54) is 11.8 Å². The van der Waals surface area contributed by atoms with Crippen LogP contribution in [0.3, 0.4) is 0 Å². The Balaban J connectivity index is 1.64.